The highest BCUT2D eigenvalue weighted by atomic mass is 32.1. The number of nitrogens with zero attached hydrogens (tertiary/aromatic N) is 2. The average molecular weight is 425 g/mol. The molecule has 0 unspecified atom stereocenters. The number of benzene rings is 1. The van der Waals surface area contributed by atoms with E-state index in [1.54, 1.807) is 6.07 Å². The summed E-state index contributed by atoms with van der Waals surface area (Å²) in [6, 6.07) is 9.98. The minimum Gasteiger partial charge on any atom is -0.370 e. The van der Waals surface area contributed by atoms with Crippen LogP contribution in [0.15, 0.2) is 30.3 Å². The van der Waals surface area contributed by atoms with E-state index in [4.69, 9.17) is 0 Å². The number of carbonyl (C=O) groups excluding carboxylic acids is 2. The molecule has 1 aliphatic carbocycles. The van der Waals surface area contributed by atoms with Crippen LogP contribution in [0.2, 0.25) is 0 Å². The van der Waals surface area contributed by atoms with E-state index in [1.807, 2.05) is 6.07 Å². The predicted octanol–water partition coefficient (Wildman–Crippen LogP) is 4.55. The largest absolute Gasteiger partial charge is 0.370 e. The van der Waals surface area contributed by atoms with Gasteiger partial charge in [-0.05, 0) is 62.8 Å². The fourth-order valence-electron chi connectivity index (χ4n) is 4.37. The van der Waals surface area contributed by atoms with Crippen LogP contribution in [0.5, 0.6) is 0 Å². The third-order valence-electron chi connectivity index (χ3n) is 6.18. The van der Waals surface area contributed by atoms with E-state index in [1.165, 1.54) is 37.0 Å². The molecule has 1 saturated carbocycles. The Bertz CT molecular complexity index is 906. The van der Waals surface area contributed by atoms with E-state index in [0.29, 0.717) is 4.88 Å². The Labute approximate surface area is 181 Å². The molecule has 2 aliphatic heterocycles. The van der Waals surface area contributed by atoms with Gasteiger partial charge in [-0.15, -0.1) is 11.3 Å². The number of rotatable bonds is 6. The molecule has 2 saturated heterocycles. The van der Waals surface area contributed by atoms with Crippen LogP contribution >= 0.6 is 11.3 Å². The van der Waals surface area contributed by atoms with Gasteiger partial charge in [0, 0.05) is 32.1 Å². The SMILES string of the molecule is O=C(Nc1c(N2CCCC2)cccc1N1CCCC1)c1ccc(NC(=O)C2CC2)s1. The Morgan fingerprint density at radius 1 is 0.833 bits per heavy atom. The van der Waals surface area contributed by atoms with Gasteiger partial charge in [-0.3, -0.25) is 9.59 Å². The second-order valence-corrected chi connectivity index (χ2v) is 9.52. The number of para-hydroxylation sites is 1. The minimum absolute atomic E-state index is 0.0690. The maximum Gasteiger partial charge on any atom is 0.265 e. The summed E-state index contributed by atoms with van der Waals surface area (Å²) in [7, 11) is 0. The number of thiophene rings is 1. The Kier molecular flexibility index (Phi) is 5.37. The van der Waals surface area contributed by atoms with Crippen molar-refractivity contribution in [2.24, 2.45) is 5.92 Å². The van der Waals surface area contributed by atoms with Gasteiger partial charge in [-0.1, -0.05) is 6.07 Å². The lowest BCUT2D eigenvalue weighted by Gasteiger charge is -2.27. The third kappa shape index (κ3) is 4.03. The van der Waals surface area contributed by atoms with Gasteiger partial charge in [0.05, 0.1) is 26.9 Å². The molecule has 3 aliphatic rings. The van der Waals surface area contributed by atoms with E-state index in [9.17, 15) is 9.59 Å². The van der Waals surface area contributed by atoms with E-state index in [-0.39, 0.29) is 17.7 Å². The van der Waals surface area contributed by atoms with Crippen LogP contribution < -0.4 is 20.4 Å². The van der Waals surface area contributed by atoms with Gasteiger partial charge < -0.3 is 20.4 Å². The summed E-state index contributed by atoms with van der Waals surface area (Å²) in [5.74, 6) is 0.109. The topological polar surface area (TPSA) is 64.7 Å². The maximum absolute atomic E-state index is 13.1. The molecule has 2 aromatic rings. The molecule has 0 radical (unpaired) electrons. The van der Waals surface area contributed by atoms with Crippen LogP contribution in [0.1, 0.15) is 48.2 Å². The summed E-state index contributed by atoms with van der Waals surface area (Å²) >= 11 is 1.34. The molecule has 2 amide bonds. The molecule has 30 heavy (non-hydrogen) atoms. The lowest BCUT2D eigenvalue weighted by atomic mass is 10.2. The first-order valence-corrected chi connectivity index (χ1v) is 11.9. The number of nitrogens with one attached hydrogen (secondary N) is 2. The molecule has 6 nitrogen and oxygen atoms in total. The molecule has 0 bridgehead atoms. The lowest BCUT2D eigenvalue weighted by Crippen LogP contribution is -2.25. The number of hydrogen-bond acceptors (Lipinski definition) is 5. The van der Waals surface area contributed by atoms with Gasteiger partial charge in [0.25, 0.3) is 5.91 Å². The average Bonchev–Trinajstić information content (AvgIpc) is 3.18. The molecule has 0 spiro atoms. The highest BCUT2D eigenvalue weighted by Gasteiger charge is 2.30. The van der Waals surface area contributed by atoms with Crippen LogP contribution in [0, 0.1) is 5.92 Å². The van der Waals surface area contributed by atoms with Crippen molar-refractivity contribution < 1.29 is 9.59 Å². The Morgan fingerprint density at radius 3 is 2.00 bits per heavy atom. The number of anilines is 4. The highest BCUT2D eigenvalue weighted by Crippen LogP contribution is 2.39. The monoisotopic (exact) mass is 424 g/mol. The molecule has 7 heteroatoms. The molecule has 1 aromatic heterocycles. The zero-order valence-corrected chi connectivity index (χ0v) is 18.0. The Balaban J connectivity index is 1.39. The molecule has 1 aromatic carbocycles. The van der Waals surface area contributed by atoms with Crippen molar-refractivity contribution in [3.8, 4) is 0 Å². The van der Waals surface area contributed by atoms with Crippen molar-refractivity contribution in [2.45, 2.75) is 38.5 Å². The predicted molar refractivity (Wildman–Crippen MR) is 123 cm³/mol. The Hall–Kier alpha value is -2.54. The zero-order chi connectivity index (χ0) is 20.5. The fraction of sp³-hybridized carbons (Fsp3) is 0.478. The van der Waals surface area contributed by atoms with Crippen molar-refractivity contribution in [3.05, 3.63) is 35.2 Å². The van der Waals surface area contributed by atoms with E-state index >= 15 is 0 Å². The van der Waals surface area contributed by atoms with Crippen molar-refractivity contribution in [2.75, 3.05) is 46.6 Å². The standard InChI is InChI=1S/C23H28N4O2S/c28-22(16-8-9-16)24-20-11-10-19(30-20)23(29)25-21-17(26-12-1-2-13-26)6-5-7-18(21)27-14-3-4-15-27/h5-7,10-11,16H,1-4,8-9,12-15H2,(H,24,28)(H,25,29). The summed E-state index contributed by atoms with van der Waals surface area (Å²) in [6.07, 6.45) is 6.70. The van der Waals surface area contributed by atoms with E-state index in [2.05, 4.69) is 38.6 Å². The van der Waals surface area contributed by atoms with Gasteiger partial charge >= 0.3 is 0 Å². The van der Waals surface area contributed by atoms with Crippen molar-refractivity contribution in [3.63, 3.8) is 0 Å². The van der Waals surface area contributed by atoms with Gasteiger partial charge in [-0.25, -0.2) is 0 Å². The smallest absolute Gasteiger partial charge is 0.265 e. The second-order valence-electron chi connectivity index (χ2n) is 8.44. The minimum atomic E-state index is -0.112. The summed E-state index contributed by atoms with van der Waals surface area (Å²) in [5.41, 5.74) is 3.15. The van der Waals surface area contributed by atoms with Crippen LogP contribution in [0.4, 0.5) is 22.1 Å². The maximum atomic E-state index is 13.1. The Morgan fingerprint density at radius 2 is 1.43 bits per heavy atom. The normalized spacial score (nSPS) is 18.7. The molecule has 3 heterocycles. The first kappa shape index (κ1) is 19.4. The van der Waals surface area contributed by atoms with Crippen molar-refractivity contribution >= 4 is 45.2 Å². The van der Waals surface area contributed by atoms with Crippen molar-refractivity contribution in [1.82, 2.24) is 0 Å². The molecular weight excluding hydrogens is 396 g/mol. The number of carbonyl (C=O) groups is 2. The number of amides is 2. The molecule has 158 valence electrons. The molecule has 0 atom stereocenters. The summed E-state index contributed by atoms with van der Waals surface area (Å²) in [4.78, 5) is 30.5. The summed E-state index contributed by atoms with van der Waals surface area (Å²) in [5, 5.41) is 6.91. The van der Waals surface area contributed by atoms with Crippen LogP contribution in [-0.4, -0.2) is 38.0 Å². The molecule has 2 N–H and O–H groups in total. The third-order valence-corrected chi connectivity index (χ3v) is 7.18. The summed E-state index contributed by atoms with van der Waals surface area (Å²) < 4.78 is 0. The highest BCUT2D eigenvalue weighted by molar-refractivity contribution is 7.18. The quantitative estimate of drug-likeness (QED) is 0.714. The first-order chi connectivity index (χ1) is 14.7. The second kappa shape index (κ2) is 8.30. The van der Waals surface area contributed by atoms with Crippen LogP contribution in [0.25, 0.3) is 0 Å². The first-order valence-electron chi connectivity index (χ1n) is 11.0. The zero-order valence-electron chi connectivity index (χ0n) is 17.2. The number of hydrogen-bond donors (Lipinski definition) is 2. The van der Waals surface area contributed by atoms with Gasteiger partial charge in [-0.2, -0.15) is 0 Å². The van der Waals surface area contributed by atoms with Crippen LogP contribution in [0.3, 0.4) is 0 Å². The molecule has 5 rings (SSSR count). The van der Waals surface area contributed by atoms with E-state index < -0.39 is 0 Å². The van der Waals surface area contributed by atoms with Crippen molar-refractivity contribution in [1.29, 1.82) is 0 Å². The van der Waals surface area contributed by atoms with Gasteiger partial charge in [0.15, 0.2) is 0 Å². The van der Waals surface area contributed by atoms with Gasteiger partial charge in [0.2, 0.25) is 5.91 Å². The molecular formula is C23H28N4O2S. The molecule has 3 fully saturated rings. The van der Waals surface area contributed by atoms with Gasteiger partial charge in [0.1, 0.15) is 0 Å². The fourth-order valence-corrected chi connectivity index (χ4v) is 5.18. The lowest BCUT2D eigenvalue weighted by molar-refractivity contribution is -0.117. The van der Waals surface area contributed by atoms with Crippen LogP contribution in [-0.2, 0) is 4.79 Å². The van der Waals surface area contributed by atoms with E-state index in [0.717, 1.165) is 61.1 Å². The summed E-state index contributed by atoms with van der Waals surface area (Å²) in [6.45, 7) is 4.12.